The zero-order chi connectivity index (χ0) is 15.2. The first-order chi connectivity index (χ1) is 10.1. The van der Waals surface area contributed by atoms with Crippen LogP contribution in [0.4, 0.5) is 5.69 Å². The van der Waals surface area contributed by atoms with Crippen molar-refractivity contribution in [2.75, 3.05) is 38.6 Å². The second kappa shape index (κ2) is 7.43. The predicted molar refractivity (Wildman–Crippen MR) is 82.8 cm³/mol. The van der Waals surface area contributed by atoms with Gasteiger partial charge in [-0.25, -0.2) is 0 Å². The molecule has 1 aromatic carbocycles. The number of carbonyl (C=O) groups excluding carboxylic acids is 1. The Bertz CT molecular complexity index is 482. The fourth-order valence-corrected chi connectivity index (χ4v) is 2.31. The minimum atomic E-state index is 0.0650. The van der Waals surface area contributed by atoms with Crippen LogP contribution in [-0.2, 0) is 4.74 Å². The van der Waals surface area contributed by atoms with E-state index in [0.29, 0.717) is 23.4 Å². The highest BCUT2D eigenvalue weighted by atomic mass is 16.5. The first kappa shape index (κ1) is 15.8. The number of nitrogens with zero attached hydrogens (tertiary/aromatic N) is 1. The van der Waals surface area contributed by atoms with Gasteiger partial charge < -0.3 is 15.2 Å². The third-order valence-electron chi connectivity index (χ3n) is 3.45. The number of nitrogens with two attached hydrogens (primary N) is 1. The molecule has 0 unspecified atom stereocenters. The average Bonchev–Trinajstić information content (AvgIpc) is 2.47. The van der Waals surface area contributed by atoms with Gasteiger partial charge in [0.2, 0.25) is 0 Å². The van der Waals surface area contributed by atoms with Gasteiger partial charge in [0.15, 0.2) is 5.78 Å². The normalized spacial score (nSPS) is 16.1. The van der Waals surface area contributed by atoms with Crippen LogP contribution < -0.4 is 10.5 Å². The molecule has 0 saturated carbocycles. The molecule has 21 heavy (non-hydrogen) atoms. The highest BCUT2D eigenvalue weighted by Gasteiger charge is 2.14. The summed E-state index contributed by atoms with van der Waals surface area (Å²) in [4.78, 5) is 14.5. The molecule has 0 amide bonds. The Labute approximate surface area is 126 Å². The number of morpholine rings is 1. The molecule has 0 radical (unpaired) electrons. The molecule has 5 heteroatoms. The van der Waals surface area contributed by atoms with E-state index >= 15 is 0 Å². The van der Waals surface area contributed by atoms with Gasteiger partial charge >= 0.3 is 0 Å². The summed E-state index contributed by atoms with van der Waals surface area (Å²) in [6, 6.07) is 5.27. The quantitative estimate of drug-likeness (QED) is 0.641. The zero-order valence-electron chi connectivity index (χ0n) is 12.8. The van der Waals surface area contributed by atoms with Crippen molar-refractivity contribution in [3.8, 4) is 5.75 Å². The van der Waals surface area contributed by atoms with Crippen molar-refractivity contribution in [3.05, 3.63) is 23.8 Å². The second-order valence-electron chi connectivity index (χ2n) is 5.55. The lowest BCUT2D eigenvalue weighted by molar-refractivity contribution is 0.0370. The molecule has 0 bridgehead atoms. The predicted octanol–water partition coefficient (Wildman–Crippen LogP) is 1.96. The molecule has 1 aliphatic heterocycles. The van der Waals surface area contributed by atoms with Gasteiger partial charge in [0.1, 0.15) is 5.75 Å². The Hall–Kier alpha value is -1.59. The Morgan fingerprint density at radius 1 is 1.38 bits per heavy atom. The summed E-state index contributed by atoms with van der Waals surface area (Å²) >= 11 is 0. The number of ketones is 1. The summed E-state index contributed by atoms with van der Waals surface area (Å²) in [5.41, 5.74) is 7.11. The van der Waals surface area contributed by atoms with Crippen LogP contribution in [0.15, 0.2) is 18.2 Å². The minimum absolute atomic E-state index is 0.0650. The van der Waals surface area contributed by atoms with Crippen LogP contribution in [0.1, 0.15) is 30.6 Å². The number of anilines is 1. The van der Waals surface area contributed by atoms with E-state index in [2.05, 4.69) is 4.90 Å². The molecule has 0 aliphatic carbocycles. The average molecular weight is 292 g/mol. The molecule has 116 valence electrons. The van der Waals surface area contributed by atoms with E-state index in [1.54, 1.807) is 18.2 Å². The molecule has 5 nitrogen and oxygen atoms in total. The number of benzene rings is 1. The maximum Gasteiger partial charge on any atom is 0.164 e. The van der Waals surface area contributed by atoms with Crippen LogP contribution in [0.5, 0.6) is 5.75 Å². The van der Waals surface area contributed by atoms with Crippen molar-refractivity contribution in [1.29, 1.82) is 0 Å². The van der Waals surface area contributed by atoms with E-state index in [4.69, 9.17) is 15.2 Å². The number of Topliss-reactive ketones (excluding diaryl/α,β-unsaturated/α-hetero) is 1. The fraction of sp³-hybridized carbons (Fsp3) is 0.562. The van der Waals surface area contributed by atoms with Crippen molar-refractivity contribution < 1.29 is 14.3 Å². The maximum atomic E-state index is 12.2. The standard InChI is InChI=1S/C16H24N2O3/c1-12(2)21-16-4-3-13(11-14(16)17)15(19)5-6-18-7-9-20-10-8-18/h3-4,11-12H,5-10,17H2,1-2H3. The second-order valence-corrected chi connectivity index (χ2v) is 5.55. The Morgan fingerprint density at radius 3 is 2.71 bits per heavy atom. The van der Waals surface area contributed by atoms with Gasteiger partial charge in [0, 0.05) is 31.6 Å². The molecule has 2 N–H and O–H groups in total. The van der Waals surface area contributed by atoms with Crippen molar-refractivity contribution in [1.82, 2.24) is 4.90 Å². The molecule has 1 aliphatic rings. The molecule has 0 atom stereocenters. The van der Waals surface area contributed by atoms with Gasteiger partial charge in [0.25, 0.3) is 0 Å². The summed E-state index contributed by atoms with van der Waals surface area (Å²) < 4.78 is 10.9. The Morgan fingerprint density at radius 2 is 2.10 bits per heavy atom. The van der Waals surface area contributed by atoms with E-state index in [9.17, 15) is 4.79 Å². The molecule has 0 spiro atoms. The molecule has 0 aromatic heterocycles. The molecule has 1 fully saturated rings. The molecule has 1 saturated heterocycles. The number of ether oxygens (including phenoxy) is 2. The number of rotatable bonds is 6. The van der Waals surface area contributed by atoms with Crippen molar-refractivity contribution >= 4 is 11.5 Å². The van der Waals surface area contributed by atoms with Gasteiger partial charge in [-0.3, -0.25) is 9.69 Å². The number of nitrogen functional groups attached to an aromatic ring is 1. The van der Waals surface area contributed by atoms with Crippen LogP contribution >= 0.6 is 0 Å². The first-order valence-electron chi connectivity index (χ1n) is 7.45. The van der Waals surface area contributed by atoms with Crippen LogP contribution in [0.25, 0.3) is 0 Å². The van der Waals surface area contributed by atoms with Gasteiger partial charge in [-0.2, -0.15) is 0 Å². The summed E-state index contributed by atoms with van der Waals surface area (Å²) in [7, 11) is 0. The molecule has 1 aromatic rings. The topological polar surface area (TPSA) is 64.8 Å². The smallest absolute Gasteiger partial charge is 0.164 e. The Balaban J connectivity index is 1.91. The first-order valence-corrected chi connectivity index (χ1v) is 7.45. The molecule has 2 rings (SSSR count). The lowest BCUT2D eigenvalue weighted by Crippen LogP contribution is -2.37. The van der Waals surface area contributed by atoms with E-state index in [1.165, 1.54) is 0 Å². The third kappa shape index (κ3) is 4.72. The zero-order valence-corrected chi connectivity index (χ0v) is 12.8. The summed E-state index contributed by atoms with van der Waals surface area (Å²) in [5, 5.41) is 0. The van der Waals surface area contributed by atoms with Crippen LogP contribution in [0, 0.1) is 0 Å². The monoisotopic (exact) mass is 292 g/mol. The maximum absolute atomic E-state index is 12.2. The minimum Gasteiger partial charge on any atom is -0.489 e. The molecular formula is C16H24N2O3. The highest BCUT2D eigenvalue weighted by Crippen LogP contribution is 2.24. The van der Waals surface area contributed by atoms with Gasteiger partial charge in [-0.05, 0) is 32.0 Å². The summed E-state index contributed by atoms with van der Waals surface area (Å²) in [6.07, 6.45) is 0.569. The highest BCUT2D eigenvalue weighted by molar-refractivity contribution is 5.97. The molecular weight excluding hydrogens is 268 g/mol. The van der Waals surface area contributed by atoms with E-state index in [0.717, 1.165) is 32.8 Å². The van der Waals surface area contributed by atoms with E-state index in [-0.39, 0.29) is 11.9 Å². The van der Waals surface area contributed by atoms with Crippen LogP contribution in [0.2, 0.25) is 0 Å². The third-order valence-corrected chi connectivity index (χ3v) is 3.45. The van der Waals surface area contributed by atoms with E-state index < -0.39 is 0 Å². The number of hydrogen-bond acceptors (Lipinski definition) is 5. The van der Waals surface area contributed by atoms with Crippen molar-refractivity contribution in [3.63, 3.8) is 0 Å². The summed E-state index contributed by atoms with van der Waals surface area (Å²) in [5.74, 6) is 0.749. The largest absolute Gasteiger partial charge is 0.489 e. The van der Waals surface area contributed by atoms with Crippen molar-refractivity contribution in [2.24, 2.45) is 0 Å². The SMILES string of the molecule is CC(C)Oc1ccc(C(=O)CCN2CCOCC2)cc1N. The Kier molecular flexibility index (Phi) is 5.59. The van der Waals surface area contributed by atoms with Crippen LogP contribution in [-0.4, -0.2) is 49.6 Å². The van der Waals surface area contributed by atoms with E-state index in [1.807, 2.05) is 13.8 Å². The number of hydrogen-bond donors (Lipinski definition) is 1. The van der Waals surface area contributed by atoms with Gasteiger partial charge in [-0.1, -0.05) is 0 Å². The van der Waals surface area contributed by atoms with Gasteiger partial charge in [0.05, 0.1) is 25.0 Å². The van der Waals surface area contributed by atoms with Crippen molar-refractivity contribution in [2.45, 2.75) is 26.4 Å². The number of carbonyl (C=O) groups is 1. The molecule has 1 heterocycles. The van der Waals surface area contributed by atoms with Gasteiger partial charge in [-0.15, -0.1) is 0 Å². The lowest BCUT2D eigenvalue weighted by atomic mass is 10.1. The fourth-order valence-electron chi connectivity index (χ4n) is 2.31. The van der Waals surface area contributed by atoms with Crippen LogP contribution in [0.3, 0.4) is 0 Å². The summed E-state index contributed by atoms with van der Waals surface area (Å²) in [6.45, 7) is 7.96. The lowest BCUT2D eigenvalue weighted by Gasteiger charge is -2.26.